The Labute approximate surface area is 301 Å². The molecule has 0 saturated carbocycles. The van der Waals surface area contributed by atoms with Crippen molar-refractivity contribution in [1.29, 1.82) is 0 Å². The Balaban J connectivity index is 1.07. The molecule has 1 unspecified atom stereocenters. The normalized spacial score (nSPS) is 13.6. The third-order valence-corrected chi connectivity index (χ3v) is 8.73. The summed E-state index contributed by atoms with van der Waals surface area (Å²) in [6.45, 7) is 1.63. The van der Waals surface area contributed by atoms with Gasteiger partial charge in [0.1, 0.15) is 18.0 Å². The van der Waals surface area contributed by atoms with Gasteiger partial charge in [-0.2, -0.15) is 4.98 Å². The van der Waals surface area contributed by atoms with Crippen molar-refractivity contribution >= 4 is 29.0 Å². The number of nitrogens with zero attached hydrogens (tertiary/aromatic N) is 3. The van der Waals surface area contributed by atoms with Gasteiger partial charge in [0.2, 0.25) is 5.91 Å². The topological polar surface area (TPSA) is 144 Å². The van der Waals surface area contributed by atoms with Gasteiger partial charge in [-0.1, -0.05) is 71.4 Å². The first kappa shape index (κ1) is 35.3. The molecule has 1 aromatic heterocycles. The number of methoxy groups -OCH3 is 2. The van der Waals surface area contributed by atoms with Gasteiger partial charge in [-0.3, -0.25) is 14.4 Å². The number of anilines is 1. The van der Waals surface area contributed by atoms with Crippen molar-refractivity contribution in [3.05, 3.63) is 143 Å². The molecule has 11 nitrogen and oxygen atoms in total. The first-order chi connectivity index (χ1) is 25.2. The van der Waals surface area contributed by atoms with E-state index < -0.39 is 18.4 Å². The molecule has 2 N–H and O–H groups in total. The number of hydrogen-bond acceptors (Lipinski definition) is 8. The largest absolute Gasteiger partial charge is 0.496 e. The predicted octanol–water partition coefficient (Wildman–Crippen LogP) is 7.10. The number of rotatable bonds is 13. The van der Waals surface area contributed by atoms with Gasteiger partial charge in [0.15, 0.2) is 5.82 Å². The summed E-state index contributed by atoms with van der Waals surface area (Å²) in [5.41, 5.74) is 6.33. The van der Waals surface area contributed by atoms with Crippen LogP contribution in [0.1, 0.15) is 50.8 Å². The van der Waals surface area contributed by atoms with Crippen molar-refractivity contribution in [2.24, 2.45) is 0 Å². The minimum Gasteiger partial charge on any atom is -0.496 e. The van der Waals surface area contributed by atoms with Gasteiger partial charge in [0, 0.05) is 34.8 Å². The highest BCUT2D eigenvalue weighted by atomic mass is 16.5. The Morgan fingerprint density at radius 2 is 1.58 bits per heavy atom. The number of hydrogen-bond donors (Lipinski definition) is 2. The highest BCUT2D eigenvalue weighted by Gasteiger charge is 2.22. The van der Waals surface area contributed by atoms with Crippen molar-refractivity contribution in [2.75, 3.05) is 26.1 Å². The molecule has 52 heavy (non-hydrogen) atoms. The fraction of sp³-hybridized carbons (Fsp3) is 0.195. The molecule has 0 spiro atoms. The number of carbonyl (C=O) groups excluding carboxylic acids is 2. The summed E-state index contributed by atoms with van der Waals surface area (Å²) < 4.78 is 16.3. The van der Waals surface area contributed by atoms with Gasteiger partial charge in [0.05, 0.1) is 20.6 Å². The lowest BCUT2D eigenvalue weighted by Crippen LogP contribution is -2.35. The number of nitrogens with one attached hydrogen (secondary N) is 1. The fourth-order valence-electron chi connectivity index (χ4n) is 5.96. The number of ether oxygens (including phenoxy) is 2. The summed E-state index contributed by atoms with van der Waals surface area (Å²) in [6, 6.07) is 27.2. The number of carboxylic acids is 1. The second-order valence-corrected chi connectivity index (χ2v) is 12.4. The van der Waals surface area contributed by atoms with Crippen molar-refractivity contribution in [3.63, 3.8) is 0 Å². The average molecular weight is 699 g/mol. The van der Waals surface area contributed by atoms with Gasteiger partial charge in [-0.25, -0.2) is 0 Å². The quantitative estimate of drug-likeness (QED) is 0.132. The van der Waals surface area contributed by atoms with E-state index in [0.29, 0.717) is 40.0 Å². The minimum atomic E-state index is -1.14. The number of carboxylic acid groups (broad SMARTS) is 1. The molecule has 1 aliphatic rings. The third kappa shape index (κ3) is 8.44. The fourth-order valence-corrected chi connectivity index (χ4v) is 5.96. The van der Waals surface area contributed by atoms with Crippen LogP contribution in [0.3, 0.4) is 0 Å². The molecule has 1 heterocycles. The summed E-state index contributed by atoms with van der Waals surface area (Å²) in [5, 5.41) is 16.6. The Morgan fingerprint density at radius 1 is 0.904 bits per heavy atom. The van der Waals surface area contributed by atoms with Gasteiger partial charge in [-0.05, 0) is 78.6 Å². The molecule has 0 fully saturated rings. The molecule has 6 rings (SSSR count). The van der Waals surface area contributed by atoms with E-state index in [4.69, 9.17) is 14.0 Å². The lowest BCUT2D eigenvalue weighted by Gasteiger charge is -2.21. The van der Waals surface area contributed by atoms with Crippen LogP contribution in [0.25, 0.3) is 17.0 Å². The van der Waals surface area contributed by atoms with E-state index in [1.807, 2.05) is 0 Å². The van der Waals surface area contributed by atoms with Gasteiger partial charge in [0.25, 0.3) is 11.8 Å². The van der Waals surface area contributed by atoms with Crippen LogP contribution < -0.4 is 14.8 Å². The van der Waals surface area contributed by atoms with Crippen LogP contribution in [0, 0.1) is 6.92 Å². The van der Waals surface area contributed by atoms with E-state index in [-0.39, 0.29) is 30.4 Å². The van der Waals surface area contributed by atoms with Crippen LogP contribution in [-0.2, 0) is 22.6 Å². The smallest absolute Gasteiger partial charge is 0.323 e. The maximum Gasteiger partial charge on any atom is 0.323 e. The molecule has 0 radical (unpaired) electrons. The standard InChI is InChI=1S/C41H38N4O7/c1-26-7-11-28(12-8-26)29-15-17-30(18-16-29)39-43-40(52-44-39)31-13-9-27(10-14-31)24-45(25-38(47)48)41(49)32-19-21-33(22-20-32)42-37(46)23-34-35(50-2)5-4-6-36(34)51-3/h4-17,19-22,30H,18,23-25H2,1-3H3,(H,42,46)(H,47,48). The number of amides is 2. The summed E-state index contributed by atoms with van der Waals surface area (Å²) in [4.78, 5) is 43.9. The van der Waals surface area contributed by atoms with E-state index in [9.17, 15) is 19.5 Å². The molecule has 1 aliphatic carbocycles. The van der Waals surface area contributed by atoms with Crippen molar-refractivity contribution in [3.8, 4) is 23.0 Å². The van der Waals surface area contributed by atoms with E-state index in [1.54, 1.807) is 66.7 Å². The van der Waals surface area contributed by atoms with Crippen molar-refractivity contribution in [2.45, 2.75) is 32.2 Å². The molecule has 0 bridgehead atoms. The van der Waals surface area contributed by atoms with Gasteiger partial charge in [-0.15, -0.1) is 0 Å². The molecular weight excluding hydrogens is 660 g/mol. The first-order valence-corrected chi connectivity index (χ1v) is 16.7. The van der Waals surface area contributed by atoms with Crippen LogP contribution in [0.4, 0.5) is 5.69 Å². The van der Waals surface area contributed by atoms with E-state index in [2.05, 4.69) is 64.9 Å². The molecule has 11 heteroatoms. The zero-order valence-corrected chi connectivity index (χ0v) is 29.0. The van der Waals surface area contributed by atoms with Gasteiger partial charge < -0.3 is 29.3 Å². The molecular formula is C41H38N4O7. The highest BCUT2D eigenvalue weighted by Crippen LogP contribution is 2.31. The van der Waals surface area contributed by atoms with E-state index in [0.717, 1.165) is 17.6 Å². The van der Waals surface area contributed by atoms with Crippen LogP contribution in [0.5, 0.6) is 11.5 Å². The summed E-state index contributed by atoms with van der Waals surface area (Å²) in [6.07, 6.45) is 7.12. The Morgan fingerprint density at radius 3 is 2.19 bits per heavy atom. The van der Waals surface area contributed by atoms with Gasteiger partial charge >= 0.3 is 5.97 Å². The number of aliphatic carboxylic acids is 1. The Kier molecular flexibility index (Phi) is 10.9. The maximum atomic E-state index is 13.5. The molecule has 0 aliphatic heterocycles. The van der Waals surface area contributed by atoms with Crippen molar-refractivity contribution < 1.29 is 33.5 Å². The molecule has 264 valence electrons. The number of aryl methyl sites for hydroxylation is 1. The average Bonchev–Trinajstić information content (AvgIpc) is 3.66. The van der Waals surface area contributed by atoms with Crippen LogP contribution in [0.2, 0.25) is 0 Å². The Hall–Kier alpha value is -6.49. The predicted molar refractivity (Wildman–Crippen MR) is 196 cm³/mol. The van der Waals surface area contributed by atoms with Crippen molar-refractivity contribution in [1.82, 2.24) is 15.0 Å². The third-order valence-electron chi connectivity index (χ3n) is 8.73. The summed E-state index contributed by atoms with van der Waals surface area (Å²) >= 11 is 0. The lowest BCUT2D eigenvalue weighted by molar-refractivity contribution is -0.137. The van der Waals surface area contributed by atoms with Crippen LogP contribution in [-0.4, -0.2) is 58.7 Å². The molecule has 0 saturated heterocycles. The molecule has 1 atom stereocenters. The minimum absolute atomic E-state index is 0.00519. The Bertz CT molecular complexity index is 2100. The summed E-state index contributed by atoms with van der Waals surface area (Å²) in [5.74, 6) is 0.114. The molecule has 5 aromatic rings. The van der Waals surface area contributed by atoms with E-state index in [1.165, 1.54) is 30.2 Å². The SMILES string of the molecule is COc1cccc(OC)c1CC(=O)Nc1ccc(C(=O)N(CC(=O)O)Cc2ccc(-c3nc(C4C=CC(c5ccc(C)cc5)=CC4)no3)cc2)cc1. The highest BCUT2D eigenvalue weighted by molar-refractivity contribution is 5.97. The second kappa shape index (κ2) is 16.0. The maximum absolute atomic E-state index is 13.5. The molecule has 2 amide bonds. The van der Waals surface area contributed by atoms with E-state index >= 15 is 0 Å². The number of benzene rings is 4. The first-order valence-electron chi connectivity index (χ1n) is 16.7. The number of aromatic nitrogens is 2. The summed E-state index contributed by atoms with van der Waals surface area (Å²) in [7, 11) is 3.05. The molecule has 4 aromatic carbocycles. The zero-order valence-electron chi connectivity index (χ0n) is 29.0. The second-order valence-electron chi connectivity index (χ2n) is 12.4. The lowest BCUT2D eigenvalue weighted by atomic mass is 9.92. The zero-order chi connectivity index (χ0) is 36.6. The van der Waals surface area contributed by atoms with Crippen LogP contribution in [0.15, 0.2) is 114 Å². The number of carbonyl (C=O) groups is 3. The monoisotopic (exact) mass is 698 g/mol. The van der Waals surface area contributed by atoms with Crippen LogP contribution >= 0.6 is 0 Å². The number of allylic oxidation sites excluding steroid dienone is 4.